The topological polar surface area (TPSA) is 88.0 Å². The molecule has 5 nitrogen and oxygen atoms in total. The number of aromatic nitrogens is 1. The fraction of sp³-hybridized carbons (Fsp3) is 0.444. The van der Waals surface area contributed by atoms with Crippen molar-refractivity contribution in [3.8, 4) is 0 Å². The Labute approximate surface area is 139 Å². The molecule has 1 fully saturated rings. The highest BCUT2D eigenvalue weighted by molar-refractivity contribution is 6.06. The van der Waals surface area contributed by atoms with E-state index in [1.807, 2.05) is 0 Å². The number of amides is 1. The number of hydrogen-bond acceptors (Lipinski definition) is 3. The molecule has 1 amide bonds. The Kier molecular flexibility index (Phi) is 4.94. The molecule has 6 heteroatoms. The molecule has 0 radical (unpaired) electrons. The average Bonchev–Trinajstić information content (AvgIpc) is 2.59. The first-order chi connectivity index (χ1) is 11.6. The zero-order chi connectivity index (χ0) is 17.1. The van der Waals surface area contributed by atoms with Crippen molar-refractivity contribution in [1.29, 1.82) is 0 Å². The molecule has 1 aromatic heterocycles. The van der Waals surface area contributed by atoms with Gasteiger partial charge in [-0.15, -0.1) is 0 Å². The fourth-order valence-corrected chi connectivity index (χ4v) is 3.57. The minimum atomic E-state index is -0.460. The normalized spacial score (nSPS) is 16.9. The summed E-state index contributed by atoms with van der Waals surface area (Å²) in [6.07, 6.45) is 5.66. The number of rotatable bonds is 4. The van der Waals surface area contributed by atoms with Crippen LogP contribution in [-0.4, -0.2) is 23.5 Å². The van der Waals surface area contributed by atoms with E-state index < -0.39 is 11.4 Å². The van der Waals surface area contributed by atoms with Crippen molar-refractivity contribution in [2.45, 2.75) is 38.1 Å². The minimum Gasteiger partial charge on any atom is -0.348 e. The van der Waals surface area contributed by atoms with Crippen LogP contribution < -0.4 is 16.6 Å². The van der Waals surface area contributed by atoms with Gasteiger partial charge < -0.3 is 16.0 Å². The molecule has 1 aliphatic rings. The first-order valence-corrected chi connectivity index (χ1v) is 8.42. The maximum atomic E-state index is 13.4. The van der Waals surface area contributed by atoms with Crippen LogP contribution in [0.1, 0.15) is 42.5 Å². The summed E-state index contributed by atoms with van der Waals surface area (Å²) in [5.74, 6) is -0.421. The van der Waals surface area contributed by atoms with Crippen LogP contribution >= 0.6 is 0 Å². The van der Waals surface area contributed by atoms with Gasteiger partial charge in [-0.2, -0.15) is 0 Å². The average molecular weight is 331 g/mol. The number of benzene rings is 1. The number of fused-ring (bicyclic) bond motifs is 1. The second kappa shape index (κ2) is 7.13. The standard InChI is InChI=1S/C18H22FN3O2/c19-12-6-7-13-14(9-17(23)21-15(13)8-12)18(24)22-16(10-20)11-4-2-1-3-5-11/h6-9,11,16H,1-5,10,20H2,(H,21,23)(H,22,24). The van der Waals surface area contributed by atoms with Crippen molar-refractivity contribution in [3.05, 3.63) is 46.0 Å². The zero-order valence-corrected chi connectivity index (χ0v) is 13.5. The predicted molar refractivity (Wildman–Crippen MR) is 91.4 cm³/mol. The molecule has 1 atom stereocenters. The SMILES string of the molecule is NCC(NC(=O)c1cc(=O)[nH]c2cc(F)ccc12)C1CCCCC1. The number of H-pyrrole nitrogens is 1. The van der Waals surface area contributed by atoms with E-state index in [0.29, 0.717) is 23.4 Å². The smallest absolute Gasteiger partial charge is 0.252 e. The summed E-state index contributed by atoms with van der Waals surface area (Å²) in [6.45, 7) is 0.367. The highest BCUT2D eigenvalue weighted by atomic mass is 19.1. The predicted octanol–water partition coefficient (Wildman–Crippen LogP) is 2.30. The molecular formula is C18H22FN3O2. The molecule has 128 valence electrons. The molecule has 0 saturated heterocycles. The number of carbonyl (C=O) groups is 1. The van der Waals surface area contributed by atoms with Gasteiger partial charge in [0, 0.05) is 24.0 Å². The van der Waals surface area contributed by atoms with Crippen LogP contribution in [0.5, 0.6) is 0 Å². The first kappa shape index (κ1) is 16.6. The lowest BCUT2D eigenvalue weighted by Crippen LogP contribution is -2.46. The van der Waals surface area contributed by atoms with Crippen molar-refractivity contribution in [2.24, 2.45) is 11.7 Å². The van der Waals surface area contributed by atoms with E-state index in [-0.39, 0.29) is 17.5 Å². The Morgan fingerprint density at radius 2 is 2.04 bits per heavy atom. The van der Waals surface area contributed by atoms with Gasteiger partial charge in [0.05, 0.1) is 11.1 Å². The van der Waals surface area contributed by atoms with Gasteiger partial charge in [-0.25, -0.2) is 4.39 Å². The van der Waals surface area contributed by atoms with Gasteiger partial charge in [-0.05, 0) is 37.0 Å². The van der Waals surface area contributed by atoms with Crippen LogP contribution in [0.2, 0.25) is 0 Å². The van der Waals surface area contributed by atoms with Gasteiger partial charge in [-0.3, -0.25) is 9.59 Å². The maximum absolute atomic E-state index is 13.4. The number of nitrogens with one attached hydrogen (secondary N) is 2. The summed E-state index contributed by atoms with van der Waals surface area (Å²) >= 11 is 0. The summed E-state index contributed by atoms with van der Waals surface area (Å²) in [4.78, 5) is 27.0. The number of aromatic amines is 1. The monoisotopic (exact) mass is 331 g/mol. The van der Waals surface area contributed by atoms with Gasteiger partial charge in [-0.1, -0.05) is 19.3 Å². The van der Waals surface area contributed by atoms with Crippen LogP contribution in [0.4, 0.5) is 4.39 Å². The molecule has 1 aliphatic carbocycles. The van der Waals surface area contributed by atoms with Crippen LogP contribution in [0, 0.1) is 11.7 Å². The lowest BCUT2D eigenvalue weighted by Gasteiger charge is -2.30. The summed E-state index contributed by atoms with van der Waals surface area (Å²) < 4.78 is 13.4. The van der Waals surface area contributed by atoms with E-state index in [1.165, 1.54) is 30.7 Å². The Bertz CT molecular complexity index is 796. The molecule has 1 heterocycles. The fourth-order valence-electron chi connectivity index (χ4n) is 3.57. The highest BCUT2D eigenvalue weighted by Gasteiger charge is 2.25. The van der Waals surface area contributed by atoms with Crippen LogP contribution in [0.15, 0.2) is 29.1 Å². The molecule has 24 heavy (non-hydrogen) atoms. The molecule has 1 saturated carbocycles. The molecule has 0 bridgehead atoms. The molecule has 4 N–H and O–H groups in total. The van der Waals surface area contributed by atoms with Gasteiger partial charge in [0.15, 0.2) is 0 Å². The van der Waals surface area contributed by atoms with E-state index in [2.05, 4.69) is 10.3 Å². The van der Waals surface area contributed by atoms with Gasteiger partial charge in [0.2, 0.25) is 5.56 Å². The summed E-state index contributed by atoms with van der Waals surface area (Å²) in [5.41, 5.74) is 6.00. The van der Waals surface area contributed by atoms with Crippen LogP contribution in [0.3, 0.4) is 0 Å². The number of halogens is 1. The van der Waals surface area contributed by atoms with E-state index in [4.69, 9.17) is 5.73 Å². The molecule has 1 aromatic carbocycles. The molecule has 3 rings (SSSR count). The zero-order valence-electron chi connectivity index (χ0n) is 13.5. The summed E-state index contributed by atoms with van der Waals surface area (Å²) in [6, 6.07) is 5.15. The Balaban J connectivity index is 1.88. The molecule has 2 aromatic rings. The van der Waals surface area contributed by atoms with E-state index >= 15 is 0 Å². The Morgan fingerprint density at radius 1 is 1.29 bits per heavy atom. The first-order valence-electron chi connectivity index (χ1n) is 8.42. The summed E-state index contributed by atoms with van der Waals surface area (Å²) in [7, 11) is 0. The van der Waals surface area contributed by atoms with Gasteiger partial charge >= 0.3 is 0 Å². The van der Waals surface area contributed by atoms with Gasteiger partial charge in [0.25, 0.3) is 5.91 Å². The molecular weight excluding hydrogens is 309 g/mol. The maximum Gasteiger partial charge on any atom is 0.252 e. The van der Waals surface area contributed by atoms with Crippen LogP contribution in [-0.2, 0) is 0 Å². The number of nitrogens with two attached hydrogens (primary N) is 1. The third-order valence-electron chi connectivity index (χ3n) is 4.84. The third-order valence-corrected chi connectivity index (χ3v) is 4.84. The van der Waals surface area contributed by atoms with Crippen molar-refractivity contribution in [2.75, 3.05) is 6.54 Å². The molecule has 0 aliphatic heterocycles. The lowest BCUT2D eigenvalue weighted by molar-refractivity contribution is 0.0917. The quantitative estimate of drug-likeness (QED) is 0.803. The minimum absolute atomic E-state index is 0.104. The molecule has 1 unspecified atom stereocenters. The second-order valence-electron chi connectivity index (χ2n) is 6.45. The van der Waals surface area contributed by atoms with Crippen molar-refractivity contribution in [3.63, 3.8) is 0 Å². The highest BCUT2D eigenvalue weighted by Crippen LogP contribution is 2.26. The number of carbonyl (C=O) groups excluding carboxylic acids is 1. The number of hydrogen-bond donors (Lipinski definition) is 3. The van der Waals surface area contributed by atoms with Crippen molar-refractivity contribution >= 4 is 16.8 Å². The largest absolute Gasteiger partial charge is 0.348 e. The van der Waals surface area contributed by atoms with Gasteiger partial charge in [0.1, 0.15) is 5.82 Å². The molecule has 0 spiro atoms. The number of pyridine rings is 1. The van der Waals surface area contributed by atoms with E-state index in [9.17, 15) is 14.0 Å². The van der Waals surface area contributed by atoms with Crippen molar-refractivity contribution < 1.29 is 9.18 Å². The van der Waals surface area contributed by atoms with Crippen LogP contribution in [0.25, 0.3) is 10.9 Å². The van der Waals surface area contributed by atoms with Crippen molar-refractivity contribution in [1.82, 2.24) is 10.3 Å². The van der Waals surface area contributed by atoms with E-state index in [0.717, 1.165) is 25.7 Å². The third kappa shape index (κ3) is 3.48. The second-order valence-corrected chi connectivity index (χ2v) is 6.45. The lowest BCUT2D eigenvalue weighted by atomic mass is 9.84. The Morgan fingerprint density at radius 3 is 2.75 bits per heavy atom. The summed E-state index contributed by atoms with van der Waals surface area (Å²) in [5, 5.41) is 3.50. The Hall–Kier alpha value is -2.21. The van der Waals surface area contributed by atoms with E-state index in [1.54, 1.807) is 0 Å².